The van der Waals surface area contributed by atoms with Crippen LogP contribution in [0, 0.1) is 0 Å². The summed E-state index contributed by atoms with van der Waals surface area (Å²) in [7, 11) is 1.79. The number of urea groups is 1. The second-order valence-corrected chi connectivity index (χ2v) is 4.06. The zero-order valence-corrected chi connectivity index (χ0v) is 8.90. The lowest BCUT2D eigenvalue weighted by Gasteiger charge is -2.28. The lowest BCUT2D eigenvalue weighted by molar-refractivity contribution is 0.194. The van der Waals surface area contributed by atoms with Gasteiger partial charge in [0, 0.05) is 18.7 Å². The number of carbonyl (C=O) groups excluding carboxylic acids is 1. The second-order valence-electron chi connectivity index (χ2n) is 4.06. The number of nitrogens with zero attached hydrogens (tertiary/aromatic N) is 1. The van der Waals surface area contributed by atoms with Crippen molar-refractivity contribution in [2.45, 2.75) is 31.8 Å². The molecule has 1 N–H and O–H groups in total. The Labute approximate surface area is 89.2 Å². The molecular formula is C11H16N2O2. The van der Waals surface area contributed by atoms with Gasteiger partial charge in [-0.3, -0.25) is 0 Å². The third kappa shape index (κ3) is 2.52. The van der Waals surface area contributed by atoms with Crippen LogP contribution < -0.4 is 5.32 Å². The van der Waals surface area contributed by atoms with E-state index < -0.39 is 0 Å². The molecule has 0 unspecified atom stereocenters. The Bertz CT molecular complexity index is 317. The predicted molar refractivity (Wildman–Crippen MR) is 56.3 cm³/mol. The lowest BCUT2D eigenvalue weighted by Crippen LogP contribution is -2.45. The molecule has 0 radical (unpaired) electrons. The van der Waals surface area contributed by atoms with Gasteiger partial charge in [0.1, 0.15) is 0 Å². The number of carbonyl (C=O) groups is 1. The normalized spacial score (nSPS) is 15.8. The van der Waals surface area contributed by atoms with Crippen molar-refractivity contribution in [1.82, 2.24) is 10.2 Å². The van der Waals surface area contributed by atoms with Gasteiger partial charge in [-0.1, -0.05) is 0 Å². The fraction of sp³-hybridized carbons (Fsp3) is 0.545. The van der Waals surface area contributed by atoms with Crippen LogP contribution >= 0.6 is 0 Å². The summed E-state index contributed by atoms with van der Waals surface area (Å²) >= 11 is 0. The number of furan rings is 1. The summed E-state index contributed by atoms with van der Waals surface area (Å²) < 4.78 is 4.95. The first-order valence-electron chi connectivity index (χ1n) is 5.28. The van der Waals surface area contributed by atoms with Crippen molar-refractivity contribution < 1.29 is 9.21 Å². The van der Waals surface area contributed by atoms with Gasteiger partial charge < -0.3 is 14.6 Å². The molecule has 1 saturated carbocycles. The average Bonchev–Trinajstić information content (AvgIpc) is 2.63. The Morgan fingerprint density at radius 3 is 3.00 bits per heavy atom. The highest BCUT2D eigenvalue weighted by Gasteiger charge is 2.21. The Hall–Kier alpha value is -1.45. The van der Waals surface area contributed by atoms with Crippen LogP contribution in [0.1, 0.15) is 24.8 Å². The molecule has 15 heavy (non-hydrogen) atoms. The summed E-state index contributed by atoms with van der Waals surface area (Å²) in [6, 6.07) is 2.26. The fourth-order valence-corrected chi connectivity index (χ4v) is 1.57. The summed E-state index contributed by atoms with van der Waals surface area (Å²) in [5.41, 5.74) is 1.02. The molecule has 4 heteroatoms. The van der Waals surface area contributed by atoms with Crippen molar-refractivity contribution in [3.05, 3.63) is 24.2 Å². The molecule has 0 atom stereocenters. The van der Waals surface area contributed by atoms with Crippen LogP contribution in [0.3, 0.4) is 0 Å². The largest absolute Gasteiger partial charge is 0.472 e. The smallest absolute Gasteiger partial charge is 0.317 e. The van der Waals surface area contributed by atoms with E-state index in [2.05, 4.69) is 5.32 Å². The molecule has 2 rings (SSSR count). The minimum atomic E-state index is 0.000833. The van der Waals surface area contributed by atoms with E-state index in [1.165, 1.54) is 6.42 Å². The molecule has 1 fully saturated rings. The van der Waals surface area contributed by atoms with Crippen LogP contribution in [0.25, 0.3) is 0 Å². The van der Waals surface area contributed by atoms with Crippen LogP contribution in [0.15, 0.2) is 23.0 Å². The number of nitrogens with one attached hydrogen (secondary N) is 1. The fourth-order valence-electron chi connectivity index (χ4n) is 1.57. The van der Waals surface area contributed by atoms with Gasteiger partial charge in [-0.15, -0.1) is 0 Å². The van der Waals surface area contributed by atoms with E-state index in [1.54, 1.807) is 24.5 Å². The molecule has 0 spiro atoms. The van der Waals surface area contributed by atoms with Crippen LogP contribution in [0.2, 0.25) is 0 Å². The first kappa shape index (κ1) is 10.1. The molecule has 1 aromatic heterocycles. The molecule has 0 aliphatic heterocycles. The van der Waals surface area contributed by atoms with E-state index >= 15 is 0 Å². The quantitative estimate of drug-likeness (QED) is 0.825. The molecular weight excluding hydrogens is 192 g/mol. The van der Waals surface area contributed by atoms with E-state index in [-0.39, 0.29) is 6.03 Å². The monoisotopic (exact) mass is 208 g/mol. The molecule has 1 heterocycles. The van der Waals surface area contributed by atoms with Gasteiger partial charge in [-0.2, -0.15) is 0 Å². The van der Waals surface area contributed by atoms with Gasteiger partial charge in [-0.05, 0) is 25.3 Å². The van der Waals surface area contributed by atoms with E-state index in [4.69, 9.17) is 4.42 Å². The lowest BCUT2D eigenvalue weighted by atomic mass is 9.93. The van der Waals surface area contributed by atoms with Gasteiger partial charge >= 0.3 is 6.03 Å². The van der Waals surface area contributed by atoms with Gasteiger partial charge in [-0.25, -0.2) is 4.79 Å². The van der Waals surface area contributed by atoms with Crippen LogP contribution in [-0.2, 0) is 6.54 Å². The predicted octanol–water partition coefficient (Wildman–Crippen LogP) is 1.97. The van der Waals surface area contributed by atoms with Gasteiger partial charge in [0.25, 0.3) is 0 Å². The highest BCUT2D eigenvalue weighted by molar-refractivity contribution is 5.74. The molecule has 1 aliphatic rings. The Morgan fingerprint density at radius 1 is 1.67 bits per heavy atom. The standard InChI is InChI=1S/C11H16N2O2/c1-13(7-9-5-6-15-8-9)11(14)12-10-3-2-4-10/h5-6,8,10H,2-4,7H2,1H3,(H,12,14). The zero-order valence-electron chi connectivity index (χ0n) is 8.90. The van der Waals surface area contributed by atoms with Gasteiger partial charge in [0.2, 0.25) is 0 Å². The van der Waals surface area contributed by atoms with E-state index in [1.807, 2.05) is 6.07 Å². The summed E-state index contributed by atoms with van der Waals surface area (Å²) in [4.78, 5) is 13.3. The zero-order chi connectivity index (χ0) is 10.7. The summed E-state index contributed by atoms with van der Waals surface area (Å²) in [5, 5.41) is 2.98. The van der Waals surface area contributed by atoms with Crippen LogP contribution in [-0.4, -0.2) is 24.0 Å². The first-order chi connectivity index (χ1) is 7.25. The van der Waals surface area contributed by atoms with E-state index in [9.17, 15) is 4.79 Å². The third-order valence-corrected chi connectivity index (χ3v) is 2.78. The average molecular weight is 208 g/mol. The van der Waals surface area contributed by atoms with E-state index in [0.29, 0.717) is 12.6 Å². The Morgan fingerprint density at radius 2 is 2.47 bits per heavy atom. The SMILES string of the molecule is CN(Cc1ccoc1)C(=O)NC1CCC1. The molecule has 4 nitrogen and oxygen atoms in total. The molecule has 0 bridgehead atoms. The Kier molecular flexibility index (Phi) is 2.94. The number of amides is 2. The molecule has 1 aliphatic carbocycles. The van der Waals surface area contributed by atoms with Crippen molar-refractivity contribution in [2.75, 3.05) is 7.05 Å². The third-order valence-electron chi connectivity index (χ3n) is 2.78. The number of rotatable bonds is 3. The van der Waals surface area contributed by atoms with Crippen molar-refractivity contribution in [3.8, 4) is 0 Å². The minimum absolute atomic E-state index is 0.000833. The van der Waals surface area contributed by atoms with Gasteiger partial charge in [0.05, 0.1) is 19.1 Å². The van der Waals surface area contributed by atoms with Crippen molar-refractivity contribution in [2.24, 2.45) is 0 Å². The van der Waals surface area contributed by atoms with Crippen LogP contribution in [0.4, 0.5) is 4.79 Å². The summed E-state index contributed by atoms with van der Waals surface area (Å²) in [6.45, 7) is 0.592. The maximum Gasteiger partial charge on any atom is 0.317 e. The Balaban J connectivity index is 1.79. The second kappa shape index (κ2) is 4.38. The summed E-state index contributed by atoms with van der Waals surface area (Å²) in [5.74, 6) is 0. The minimum Gasteiger partial charge on any atom is -0.472 e. The molecule has 0 aromatic carbocycles. The van der Waals surface area contributed by atoms with Gasteiger partial charge in [0.15, 0.2) is 0 Å². The molecule has 0 saturated heterocycles. The number of hydrogen-bond acceptors (Lipinski definition) is 2. The van der Waals surface area contributed by atoms with Crippen molar-refractivity contribution in [1.29, 1.82) is 0 Å². The van der Waals surface area contributed by atoms with E-state index in [0.717, 1.165) is 18.4 Å². The maximum atomic E-state index is 11.7. The molecule has 1 aromatic rings. The first-order valence-corrected chi connectivity index (χ1v) is 5.28. The molecule has 2 amide bonds. The maximum absolute atomic E-state index is 11.7. The van der Waals surface area contributed by atoms with Crippen molar-refractivity contribution >= 4 is 6.03 Å². The highest BCUT2D eigenvalue weighted by atomic mass is 16.3. The van der Waals surface area contributed by atoms with Crippen molar-refractivity contribution in [3.63, 3.8) is 0 Å². The topological polar surface area (TPSA) is 45.5 Å². The highest BCUT2D eigenvalue weighted by Crippen LogP contribution is 2.18. The van der Waals surface area contributed by atoms with Crippen LogP contribution in [0.5, 0.6) is 0 Å². The number of hydrogen-bond donors (Lipinski definition) is 1. The summed E-state index contributed by atoms with van der Waals surface area (Å²) in [6.07, 6.45) is 6.74. The molecule has 82 valence electrons.